The molecule has 3 aliphatic heterocycles. The first-order chi connectivity index (χ1) is 19.4. The lowest BCUT2D eigenvalue weighted by atomic mass is 10.0. The summed E-state index contributed by atoms with van der Waals surface area (Å²) >= 11 is 0. The highest BCUT2D eigenvalue weighted by Gasteiger charge is 2.40. The van der Waals surface area contributed by atoms with Crippen LogP contribution in [-0.4, -0.2) is 78.7 Å². The van der Waals surface area contributed by atoms with Gasteiger partial charge in [-0.1, -0.05) is 70.6 Å². The number of ether oxygens (including phenoxy) is 1. The Balaban J connectivity index is 1.76. The van der Waals surface area contributed by atoms with E-state index in [1.807, 2.05) is 0 Å². The molecule has 0 aliphatic carbocycles. The van der Waals surface area contributed by atoms with Gasteiger partial charge in [0.15, 0.2) is 5.78 Å². The van der Waals surface area contributed by atoms with Gasteiger partial charge in [-0.3, -0.25) is 24.0 Å². The molecule has 10 heteroatoms. The van der Waals surface area contributed by atoms with Crippen molar-refractivity contribution in [3.05, 3.63) is 0 Å². The summed E-state index contributed by atoms with van der Waals surface area (Å²) in [6.45, 7) is 0.571. The number of methoxy groups -OCH3 is 1. The number of amides is 4. The predicted molar refractivity (Wildman–Crippen MR) is 151 cm³/mol. The van der Waals surface area contributed by atoms with Crippen LogP contribution in [0.5, 0.6) is 0 Å². The number of hydrogen-bond donors (Lipinski definition) is 3. The number of unbranched alkanes of at least 4 members (excludes halogenated alkanes) is 2. The lowest BCUT2D eigenvalue weighted by Crippen LogP contribution is -2.61. The lowest BCUT2D eigenvalue weighted by molar-refractivity contribution is -0.143. The molecular weight excluding hydrogens is 512 g/mol. The summed E-state index contributed by atoms with van der Waals surface area (Å²) in [5.74, 6) is -1.15. The Morgan fingerprint density at radius 2 is 1.35 bits per heavy atom. The zero-order valence-corrected chi connectivity index (χ0v) is 24.3. The van der Waals surface area contributed by atoms with Gasteiger partial charge in [0.25, 0.3) is 0 Å². The average molecular weight is 563 g/mol. The SMILES string of the molecule is COCC(=O)CCCCC[C@@H]1NC(=O)[C@H]2CCCN2C(=O)[C@@H]2CCCCCCCCCCC[C@@H](NC1=O)C(=O)N2. The number of nitrogens with one attached hydrogen (secondary N) is 3. The zero-order chi connectivity index (χ0) is 28.7. The minimum atomic E-state index is -0.806. The van der Waals surface area contributed by atoms with E-state index in [0.717, 1.165) is 44.9 Å². The molecule has 0 saturated carbocycles. The van der Waals surface area contributed by atoms with Crippen LogP contribution in [0.2, 0.25) is 0 Å². The van der Waals surface area contributed by atoms with Crippen molar-refractivity contribution in [1.29, 1.82) is 0 Å². The molecule has 4 amide bonds. The fourth-order valence-electron chi connectivity index (χ4n) is 6.13. The number of nitrogens with zero attached hydrogens (tertiary/aromatic N) is 1. The standard InChI is InChI=1S/C30H50N4O6/c1-40-21-22(35)15-10-9-13-17-24-27(36)31-23-16-11-7-5-3-2-4-6-8-12-18-25(33-28(23)37)30(39)34-20-14-19-26(34)29(38)32-24/h23-26H,2-21H2,1H3,(H,31,36)(H,32,38)(H,33,37)/t23-,24+,25+,26-/m1/s1. The van der Waals surface area contributed by atoms with E-state index in [2.05, 4.69) is 16.0 Å². The van der Waals surface area contributed by atoms with Gasteiger partial charge < -0.3 is 25.6 Å². The van der Waals surface area contributed by atoms with Crippen LogP contribution in [0.3, 0.4) is 0 Å². The molecule has 3 heterocycles. The van der Waals surface area contributed by atoms with Crippen molar-refractivity contribution < 1.29 is 28.7 Å². The minimum absolute atomic E-state index is 0.0410. The maximum atomic E-state index is 13.7. The first-order valence-corrected chi connectivity index (χ1v) is 15.6. The van der Waals surface area contributed by atoms with Gasteiger partial charge >= 0.3 is 0 Å². The van der Waals surface area contributed by atoms with Crippen molar-refractivity contribution in [2.24, 2.45) is 0 Å². The molecule has 0 aromatic rings. The maximum absolute atomic E-state index is 13.7. The lowest BCUT2D eigenvalue weighted by Gasteiger charge is -2.32. The maximum Gasteiger partial charge on any atom is 0.245 e. The van der Waals surface area contributed by atoms with E-state index in [-0.39, 0.29) is 36.0 Å². The van der Waals surface area contributed by atoms with E-state index < -0.39 is 24.2 Å². The second-order valence-electron chi connectivity index (χ2n) is 11.7. The molecule has 3 rings (SSSR count). The van der Waals surface area contributed by atoms with Crippen molar-refractivity contribution >= 4 is 29.4 Å². The molecule has 4 atom stereocenters. The Hall–Kier alpha value is -2.49. The van der Waals surface area contributed by atoms with Gasteiger partial charge in [0.05, 0.1) is 0 Å². The van der Waals surface area contributed by atoms with Crippen molar-refractivity contribution in [2.75, 3.05) is 20.3 Å². The third-order valence-electron chi connectivity index (χ3n) is 8.46. The molecule has 3 N–H and O–H groups in total. The third-order valence-corrected chi connectivity index (χ3v) is 8.46. The van der Waals surface area contributed by atoms with E-state index in [1.165, 1.54) is 26.4 Å². The van der Waals surface area contributed by atoms with Crippen LogP contribution in [0, 0.1) is 0 Å². The molecule has 0 aromatic carbocycles. The van der Waals surface area contributed by atoms with Crippen molar-refractivity contribution in [1.82, 2.24) is 20.9 Å². The molecule has 3 fully saturated rings. The number of carbonyl (C=O) groups excluding carboxylic acids is 5. The van der Waals surface area contributed by atoms with Gasteiger partial charge in [-0.15, -0.1) is 0 Å². The average Bonchev–Trinajstić information content (AvgIpc) is 3.42. The summed E-state index contributed by atoms with van der Waals surface area (Å²) in [5, 5.41) is 8.82. The second kappa shape index (κ2) is 17.4. The molecular formula is C30H50N4O6. The number of fused-ring (bicyclic) bond motifs is 4. The zero-order valence-electron chi connectivity index (χ0n) is 24.3. The molecule has 10 nitrogen and oxygen atoms in total. The number of hydrogen-bond acceptors (Lipinski definition) is 6. The highest BCUT2D eigenvalue weighted by molar-refractivity contribution is 5.97. The van der Waals surface area contributed by atoms with Gasteiger partial charge in [-0.25, -0.2) is 0 Å². The molecule has 40 heavy (non-hydrogen) atoms. The summed E-state index contributed by atoms with van der Waals surface area (Å²) in [6, 6.07) is -2.90. The van der Waals surface area contributed by atoms with Gasteiger partial charge in [0.2, 0.25) is 23.6 Å². The quantitative estimate of drug-likeness (QED) is 0.390. The van der Waals surface area contributed by atoms with E-state index in [0.29, 0.717) is 57.9 Å². The second-order valence-corrected chi connectivity index (χ2v) is 11.7. The van der Waals surface area contributed by atoms with Gasteiger partial charge in [0.1, 0.15) is 30.8 Å². The van der Waals surface area contributed by atoms with E-state index in [4.69, 9.17) is 4.74 Å². The molecule has 0 aromatic heterocycles. The van der Waals surface area contributed by atoms with Crippen LogP contribution in [-0.2, 0) is 28.7 Å². The van der Waals surface area contributed by atoms with Gasteiger partial charge in [-0.2, -0.15) is 0 Å². The highest BCUT2D eigenvalue weighted by atomic mass is 16.5. The minimum Gasteiger partial charge on any atom is -0.377 e. The summed E-state index contributed by atoms with van der Waals surface area (Å²) in [7, 11) is 1.49. The molecule has 2 bridgehead atoms. The summed E-state index contributed by atoms with van der Waals surface area (Å²) in [4.78, 5) is 67.4. The fourth-order valence-corrected chi connectivity index (χ4v) is 6.13. The summed E-state index contributed by atoms with van der Waals surface area (Å²) in [6.07, 6.45) is 14.5. The van der Waals surface area contributed by atoms with Crippen molar-refractivity contribution in [3.8, 4) is 0 Å². The van der Waals surface area contributed by atoms with Crippen LogP contribution < -0.4 is 16.0 Å². The van der Waals surface area contributed by atoms with E-state index in [1.54, 1.807) is 4.90 Å². The molecule has 0 unspecified atom stereocenters. The number of carbonyl (C=O) groups is 5. The predicted octanol–water partition coefficient (Wildman–Crippen LogP) is 2.92. The number of rotatable bonds is 8. The monoisotopic (exact) mass is 562 g/mol. The first-order valence-electron chi connectivity index (χ1n) is 15.6. The molecule has 3 saturated heterocycles. The van der Waals surface area contributed by atoms with Crippen LogP contribution >= 0.6 is 0 Å². The van der Waals surface area contributed by atoms with Crippen LogP contribution in [0.25, 0.3) is 0 Å². The van der Waals surface area contributed by atoms with Crippen LogP contribution in [0.4, 0.5) is 0 Å². The largest absolute Gasteiger partial charge is 0.377 e. The smallest absolute Gasteiger partial charge is 0.245 e. The van der Waals surface area contributed by atoms with E-state index in [9.17, 15) is 24.0 Å². The first kappa shape index (κ1) is 32.0. The van der Waals surface area contributed by atoms with Gasteiger partial charge in [0, 0.05) is 20.1 Å². The molecule has 0 radical (unpaired) electrons. The van der Waals surface area contributed by atoms with Crippen LogP contribution in [0.15, 0.2) is 0 Å². The Morgan fingerprint density at radius 1 is 0.725 bits per heavy atom. The highest BCUT2D eigenvalue weighted by Crippen LogP contribution is 2.22. The topological polar surface area (TPSA) is 134 Å². The van der Waals surface area contributed by atoms with Crippen molar-refractivity contribution in [3.63, 3.8) is 0 Å². The molecule has 0 spiro atoms. The van der Waals surface area contributed by atoms with Gasteiger partial charge in [-0.05, 0) is 38.5 Å². The van der Waals surface area contributed by atoms with E-state index >= 15 is 0 Å². The third kappa shape index (κ3) is 10.2. The van der Waals surface area contributed by atoms with Crippen molar-refractivity contribution in [2.45, 2.75) is 140 Å². The Bertz CT molecular complexity index is 865. The number of Topliss-reactive ketones (excluding diaryl/α,β-unsaturated/α-hetero) is 1. The Kier molecular flexibility index (Phi) is 13.9. The number of ketones is 1. The summed E-state index contributed by atoms with van der Waals surface area (Å²) < 4.78 is 4.87. The summed E-state index contributed by atoms with van der Waals surface area (Å²) in [5.41, 5.74) is 0. The fraction of sp³-hybridized carbons (Fsp3) is 0.833. The Morgan fingerprint density at radius 3 is 2.02 bits per heavy atom. The normalized spacial score (nSPS) is 27.8. The molecule has 3 aliphatic rings. The Labute approximate surface area is 239 Å². The molecule has 226 valence electrons. The van der Waals surface area contributed by atoms with Crippen LogP contribution in [0.1, 0.15) is 116 Å².